The van der Waals surface area contributed by atoms with E-state index in [0.717, 1.165) is 17.7 Å². The van der Waals surface area contributed by atoms with Crippen molar-refractivity contribution in [1.29, 1.82) is 0 Å². The molecule has 0 amide bonds. The van der Waals surface area contributed by atoms with Crippen LogP contribution in [-0.4, -0.2) is 17.4 Å². The smallest absolute Gasteiger partial charge is 0.188 e. The van der Waals surface area contributed by atoms with Crippen LogP contribution in [0.15, 0.2) is 6.07 Å². The van der Waals surface area contributed by atoms with Crippen LogP contribution in [0.4, 0.5) is 0 Å². The first-order chi connectivity index (χ1) is 6.72. The van der Waals surface area contributed by atoms with Crippen LogP contribution in [0.3, 0.4) is 0 Å². The number of aryl methyl sites for hydroxylation is 2. The highest BCUT2D eigenvalue weighted by atomic mass is 16.5. The molecule has 1 aromatic rings. The fraction of sp³-hybridized carbons (Fsp3) is 0.455. The van der Waals surface area contributed by atoms with E-state index in [1.807, 2.05) is 13.0 Å². The predicted molar refractivity (Wildman–Crippen MR) is 52.8 cm³/mol. The third-order valence-corrected chi connectivity index (χ3v) is 2.40. The zero-order valence-electron chi connectivity index (χ0n) is 8.46. The molecule has 0 spiro atoms. The molecule has 1 aliphatic heterocycles. The van der Waals surface area contributed by atoms with Gasteiger partial charge in [0.1, 0.15) is 5.69 Å². The van der Waals surface area contributed by atoms with E-state index in [1.165, 1.54) is 0 Å². The van der Waals surface area contributed by atoms with Gasteiger partial charge in [0.15, 0.2) is 11.5 Å². The van der Waals surface area contributed by atoms with Crippen LogP contribution in [0.1, 0.15) is 35.1 Å². The van der Waals surface area contributed by atoms with Gasteiger partial charge in [-0.2, -0.15) is 0 Å². The monoisotopic (exact) mass is 191 g/mol. The van der Waals surface area contributed by atoms with Gasteiger partial charge in [0, 0.05) is 12.1 Å². The molecule has 0 unspecified atom stereocenters. The number of ketones is 1. The number of carbonyl (C=O) groups excluding carboxylic acids is 1. The maximum atomic E-state index is 11.6. The molecule has 0 aromatic carbocycles. The number of carbonyl (C=O) groups is 1. The Kier molecular flexibility index (Phi) is 2.23. The highest BCUT2D eigenvalue weighted by molar-refractivity contribution is 5.98. The lowest BCUT2D eigenvalue weighted by Crippen LogP contribution is -2.18. The van der Waals surface area contributed by atoms with Gasteiger partial charge in [0.05, 0.1) is 6.61 Å². The van der Waals surface area contributed by atoms with E-state index in [-0.39, 0.29) is 5.78 Å². The molecular weight excluding hydrogens is 178 g/mol. The molecule has 14 heavy (non-hydrogen) atoms. The van der Waals surface area contributed by atoms with Gasteiger partial charge in [-0.1, -0.05) is 6.92 Å². The minimum Gasteiger partial charge on any atom is -0.490 e. The van der Waals surface area contributed by atoms with Gasteiger partial charge in [-0.3, -0.25) is 4.79 Å². The Morgan fingerprint density at radius 2 is 2.36 bits per heavy atom. The van der Waals surface area contributed by atoms with Crippen LogP contribution in [0, 0.1) is 6.92 Å². The zero-order chi connectivity index (χ0) is 10.1. The number of nitrogens with zero attached hydrogens (tertiary/aromatic N) is 1. The van der Waals surface area contributed by atoms with Gasteiger partial charge >= 0.3 is 0 Å². The largest absolute Gasteiger partial charge is 0.490 e. The highest BCUT2D eigenvalue weighted by Crippen LogP contribution is 2.28. The standard InChI is InChI=1S/C11H13NO2/c1-3-8-6-7(2)12-10-9(13)4-5-14-11(8)10/h6H,3-5H2,1-2H3. The summed E-state index contributed by atoms with van der Waals surface area (Å²) in [7, 11) is 0. The Balaban J connectivity index is 2.60. The van der Waals surface area contributed by atoms with Crippen molar-refractivity contribution in [2.24, 2.45) is 0 Å². The van der Waals surface area contributed by atoms with Crippen molar-refractivity contribution in [3.8, 4) is 5.75 Å². The Bertz CT molecular complexity index is 385. The van der Waals surface area contributed by atoms with Gasteiger partial charge in [-0.05, 0) is 25.0 Å². The molecule has 0 bridgehead atoms. The van der Waals surface area contributed by atoms with Crippen molar-refractivity contribution in [2.75, 3.05) is 6.61 Å². The summed E-state index contributed by atoms with van der Waals surface area (Å²) in [5.74, 6) is 0.805. The Labute approximate surface area is 83.1 Å². The lowest BCUT2D eigenvalue weighted by molar-refractivity contribution is 0.0925. The number of hydrogen-bond acceptors (Lipinski definition) is 3. The van der Waals surface area contributed by atoms with Crippen molar-refractivity contribution >= 4 is 5.78 Å². The molecule has 1 aliphatic rings. The molecule has 0 aliphatic carbocycles. The minimum absolute atomic E-state index is 0.102. The minimum atomic E-state index is 0.102. The molecule has 2 heterocycles. The van der Waals surface area contributed by atoms with Gasteiger partial charge in [-0.25, -0.2) is 4.98 Å². The lowest BCUT2D eigenvalue weighted by Gasteiger charge is -2.18. The average Bonchev–Trinajstić information content (AvgIpc) is 2.18. The summed E-state index contributed by atoms with van der Waals surface area (Å²) in [5, 5.41) is 0. The molecule has 3 nitrogen and oxygen atoms in total. The molecule has 74 valence electrons. The third kappa shape index (κ3) is 1.39. The van der Waals surface area contributed by atoms with Crippen LogP contribution in [0.2, 0.25) is 0 Å². The second-order valence-corrected chi connectivity index (χ2v) is 3.48. The molecule has 2 rings (SSSR count). The second kappa shape index (κ2) is 3.40. The maximum Gasteiger partial charge on any atom is 0.188 e. The third-order valence-electron chi connectivity index (χ3n) is 2.40. The van der Waals surface area contributed by atoms with Crippen molar-refractivity contribution in [2.45, 2.75) is 26.7 Å². The van der Waals surface area contributed by atoms with Gasteiger partial charge in [0.25, 0.3) is 0 Å². The fourth-order valence-electron chi connectivity index (χ4n) is 1.71. The van der Waals surface area contributed by atoms with E-state index in [4.69, 9.17) is 4.74 Å². The number of pyridine rings is 1. The average molecular weight is 191 g/mol. The van der Waals surface area contributed by atoms with Gasteiger partial charge in [0.2, 0.25) is 0 Å². The summed E-state index contributed by atoms with van der Waals surface area (Å²) in [5.41, 5.74) is 2.49. The van der Waals surface area contributed by atoms with E-state index in [9.17, 15) is 4.79 Å². The molecule has 1 aromatic heterocycles. The summed E-state index contributed by atoms with van der Waals surface area (Å²) < 4.78 is 5.49. The Hall–Kier alpha value is -1.38. The summed E-state index contributed by atoms with van der Waals surface area (Å²) in [6.45, 7) is 4.45. The van der Waals surface area contributed by atoms with Crippen molar-refractivity contribution in [1.82, 2.24) is 4.98 Å². The number of rotatable bonds is 1. The summed E-state index contributed by atoms with van der Waals surface area (Å²) in [6.07, 6.45) is 1.32. The van der Waals surface area contributed by atoms with E-state index in [2.05, 4.69) is 11.9 Å². The number of aromatic nitrogens is 1. The first kappa shape index (κ1) is 9.19. The van der Waals surface area contributed by atoms with E-state index in [0.29, 0.717) is 24.5 Å². The molecule has 3 heteroatoms. The Morgan fingerprint density at radius 1 is 1.57 bits per heavy atom. The first-order valence-corrected chi connectivity index (χ1v) is 4.89. The van der Waals surface area contributed by atoms with Gasteiger partial charge < -0.3 is 4.74 Å². The quantitative estimate of drug-likeness (QED) is 0.680. The fourth-order valence-corrected chi connectivity index (χ4v) is 1.71. The van der Waals surface area contributed by atoms with Crippen LogP contribution < -0.4 is 4.74 Å². The van der Waals surface area contributed by atoms with Crippen LogP contribution in [0.25, 0.3) is 0 Å². The SMILES string of the molecule is CCc1cc(C)nc2c1OCCC2=O. The number of ether oxygens (including phenoxy) is 1. The molecule has 0 atom stereocenters. The highest BCUT2D eigenvalue weighted by Gasteiger charge is 2.22. The lowest BCUT2D eigenvalue weighted by atomic mass is 10.0. The number of Topliss-reactive ketones (excluding diaryl/α,β-unsaturated/α-hetero) is 1. The summed E-state index contributed by atoms with van der Waals surface area (Å²) in [6, 6.07) is 1.98. The normalized spacial score (nSPS) is 14.9. The molecule has 0 saturated heterocycles. The Morgan fingerprint density at radius 3 is 3.07 bits per heavy atom. The molecule has 0 fully saturated rings. The maximum absolute atomic E-state index is 11.6. The molecule has 0 N–H and O–H groups in total. The summed E-state index contributed by atoms with van der Waals surface area (Å²) in [4.78, 5) is 15.8. The number of hydrogen-bond donors (Lipinski definition) is 0. The van der Waals surface area contributed by atoms with Crippen LogP contribution in [0.5, 0.6) is 5.75 Å². The first-order valence-electron chi connectivity index (χ1n) is 4.89. The molecule has 0 radical (unpaired) electrons. The number of fused-ring (bicyclic) bond motifs is 1. The molecule has 0 saturated carbocycles. The van der Waals surface area contributed by atoms with Crippen LogP contribution >= 0.6 is 0 Å². The van der Waals surface area contributed by atoms with Crippen LogP contribution in [-0.2, 0) is 6.42 Å². The van der Waals surface area contributed by atoms with Crippen molar-refractivity contribution in [3.63, 3.8) is 0 Å². The topological polar surface area (TPSA) is 39.2 Å². The molecular formula is C11H13NO2. The van der Waals surface area contributed by atoms with E-state index < -0.39 is 0 Å². The van der Waals surface area contributed by atoms with Crippen molar-refractivity contribution < 1.29 is 9.53 Å². The second-order valence-electron chi connectivity index (χ2n) is 3.48. The van der Waals surface area contributed by atoms with Gasteiger partial charge in [-0.15, -0.1) is 0 Å². The van der Waals surface area contributed by atoms with E-state index >= 15 is 0 Å². The predicted octanol–water partition coefficient (Wildman–Crippen LogP) is 1.92. The zero-order valence-corrected chi connectivity index (χ0v) is 8.46. The van der Waals surface area contributed by atoms with Crippen molar-refractivity contribution in [3.05, 3.63) is 23.0 Å². The van der Waals surface area contributed by atoms with E-state index in [1.54, 1.807) is 0 Å². The summed E-state index contributed by atoms with van der Waals surface area (Å²) >= 11 is 0.